The van der Waals surface area contributed by atoms with Crippen molar-refractivity contribution < 1.29 is 30.0 Å². The van der Waals surface area contributed by atoms with Gasteiger partial charge in [0.25, 0.3) is 0 Å². The summed E-state index contributed by atoms with van der Waals surface area (Å²) in [6.45, 7) is 0. The fourth-order valence-corrected chi connectivity index (χ4v) is 2.14. The molecule has 2 atom stereocenters. The Morgan fingerprint density at radius 2 is 1.95 bits per heavy atom. The van der Waals surface area contributed by atoms with Crippen LogP contribution in [0.5, 0.6) is 0 Å². The summed E-state index contributed by atoms with van der Waals surface area (Å²) in [5.41, 5.74) is -2.15. The number of hydrogen-bond acceptors (Lipinski definition) is 6. The molecule has 0 spiro atoms. The van der Waals surface area contributed by atoms with E-state index in [1.54, 1.807) is 0 Å². The van der Waals surface area contributed by atoms with Crippen molar-refractivity contribution in [1.29, 1.82) is 0 Å². The lowest BCUT2D eigenvalue weighted by Gasteiger charge is -2.30. The smallest absolute Gasteiger partial charge is 0.353 e. The van der Waals surface area contributed by atoms with Crippen molar-refractivity contribution in [2.24, 2.45) is 0 Å². The molecule has 1 aliphatic rings. The molecule has 21 heavy (non-hydrogen) atoms. The van der Waals surface area contributed by atoms with Crippen LogP contribution in [0, 0.1) is 0 Å². The molecule has 112 valence electrons. The van der Waals surface area contributed by atoms with E-state index in [2.05, 4.69) is 4.74 Å². The lowest BCUT2D eigenvalue weighted by Crippen LogP contribution is -2.53. The Balaban J connectivity index is 2.37. The van der Waals surface area contributed by atoms with Crippen LogP contribution in [-0.2, 0) is 9.53 Å². The molecule has 8 heteroatoms. The van der Waals surface area contributed by atoms with Gasteiger partial charge in [0.2, 0.25) is 11.4 Å². The van der Waals surface area contributed by atoms with Gasteiger partial charge in [-0.3, -0.25) is 0 Å². The SMILES string of the molecule is O=C1OC(O)=C(O)C(O)C1(O)C=Cc1ccc(Cl)cc1Cl. The van der Waals surface area contributed by atoms with E-state index in [1.165, 1.54) is 24.3 Å². The molecule has 1 aromatic carbocycles. The summed E-state index contributed by atoms with van der Waals surface area (Å²) >= 11 is 11.7. The molecule has 1 aliphatic heterocycles. The first-order valence-corrected chi connectivity index (χ1v) is 6.40. The zero-order valence-corrected chi connectivity index (χ0v) is 11.8. The first kappa shape index (κ1) is 15.7. The summed E-state index contributed by atoms with van der Waals surface area (Å²) in [7, 11) is 0. The maximum absolute atomic E-state index is 11.6. The summed E-state index contributed by atoms with van der Waals surface area (Å²) in [5.74, 6) is -3.55. The van der Waals surface area contributed by atoms with Crippen LogP contribution in [0.15, 0.2) is 36.0 Å². The maximum atomic E-state index is 11.6. The first-order valence-electron chi connectivity index (χ1n) is 5.65. The number of ether oxygens (including phenoxy) is 1. The van der Waals surface area contributed by atoms with Crippen molar-refractivity contribution in [3.8, 4) is 0 Å². The monoisotopic (exact) mass is 332 g/mol. The molecule has 6 nitrogen and oxygen atoms in total. The fraction of sp³-hybridized carbons (Fsp3) is 0.154. The molecule has 0 fully saturated rings. The van der Waals surface area contributed by atoms with E-state index >= 15 is 0 Å². The molecule has 4 N–H and O–H groups in total. The highest BCUT2D eigenvalue weighted by atomic mass is 35.5. The van der Waals surface area contributed by atoms with Crippen LogP contribution in [0.2, 0.25) is 10.0 Å². The largest absolute Gasteiger partial charge is 0.504 e. The van der Waals surface area contributed by atoms with E-state index < -0.39 is 29.4 Å². The second-order valence-corrected chi connectivity index (χ2v) is 5.15. The Labute approximate surface area is 129 Å². The number of rotatable bonds is 2. The molecular formula is C13H10Cl2O6. The van der Waals surface area contributed by atoms with Gasteiger partial charge < -0.3 is 25.2 Å². The average Bonchev–Trinajstić information content (AvgIpc) is 2.42. The van der Waals surface area contributed by atoms with Gasteiger partial charge in [-0.15, -0.1) is 0 Å². The zero-order chi connectivity index (χ0) is 15.8. The lowest BCUT2D eigenvalue weighted by molar-refractivity contribution is -0.177. The molecule has 0 saturated heterocycles. The minimum absolute atomic E-state index is 0.253. The van der Waals surface area contributed by atoms with Crippen molar-refractivity contribution >= 4 is 35.2 Å². The number of esters is 1. The maximum Gasteiger partial charge on any atom is 0.353 e. The van der Waals surface area contributed by atoms with E-state index in [0.717, 1.165) is 6.08 Å². The van der Waals surface area contributed by atoms with Crippen LogP contribution in [0.4, 0.5) is 0 Å². The molecule has 0 amide bonds. The Morgan fingerprint density at radius 3 is 2.57 bits per heavy atom. The third-order valence-corrected chi connectivity index (χ3v) is 3.45. The van der Waals surface area contributed by atoms with Gasteiger partial charge in [0, 0.05) is 10.0 Å². The van der Waals surface area contributed by atoms with Gasteiger partial charge in [0.1, 0.15) is 0 Å². The van der Waals surface area contributed by atoms with Gasteiger partial charge in [-0.05, 0) is 23.8 Å². The van der Waals surface area contributed by atoms with Gasteiger partial charge in [-0.25, -0.2) is 4.79 Å². The fourth-order valence-electron chi connectivity index (χ4n) is 1.67. The van der Waals surface area contributed by atoms with Crippen LogP contribution in [0.25, 0.3) is 6.08 Å². The minimum atomic E-state index is -2.56. The lowest BCUT2D eigenvalue weighted by atomic mass is 9.92. The molecule has 0 saturated carbocycles. The second kappa shape index (κ2) is 5.57. The van der Waals surface area contributed by atoms with Crippen molar-refractivity contribution in [2.75, 3.05) is 0 Å². The standard InChI is InChI=1S/C13H10Cl2O6/c14-7-2-1-6(8(15)5-7)3-4-13(20)10(17)9(16)11(18)21-12(13)19/h1-5,10,16-18,20H. The summed E-state index contributed by atoms with van der Waals surface area (Å²) in [6.07, 6.45) is 0.0809. The molecular weight excluding hydrogens is 323 g/mol. The van der Waals surface area contributed by atoms with Crippen LogP contribution in [-0.4, -0.2) is 38.1 Å². The number of carbonyl (C=O) groups is 1. The minimum Gasteiger partial charge on any atom is -0.504 e. The summed E-state index contributed by atoms with van der Waals surface area (Å²) in [4.78, 5) is 11.6. The van der Waals surface area contributed by atoms with Gasteiger partial charge >= 0.3 is 11.9 Å². The molecule has 1 aromatic rings. The van der Waals surface area contributed by atoms with E-state index in [1.807, 2.05) is 0 Å². The number of cyclic esters (lactones) is 1. The zero-order valence-electron chi connectivity index (χ0n) is 10.3. The van der Waals surface area contributed by atoms with E-state index in [9.17, 15) is 20.1 Å². The van der Waals surface area contributed by atoms with Crippen molar-refractivity contribution in [3.05, 3.63) is 51.6 Å². The Kier molecular flexibility index (Phi) is 4.15. The van der Waals surface area contributed by atoms with Gasteiger partial charge in [0.05, 0.1) is 0 Å². The molecule has 0 aliphatic carbocycles. The van der Waals surface area contributed by atoms with Crippen LogP contribution < -0.4 is 0 Å². The molecule has 2 rings (SSSR count). The number of aliphatic hydroxyl groups is 4. The highest BCUT2D eigenvalue weighted by Gasteiger charge is 2.50. The second-order valence-electron chi connectivity index (χ2n) is 4.31. The van der Waals surface area contributed by atoms with Crippen LogP contribution in [0.3, 0.4) is 0 Å². The van der Waals surface area contributed by atoms with E-state index in [4.69, 9.17) is 28.3 Å². The summed E-state index contributed by atoms with van der Waals surface area (Å²) in [6, 6.07) is 4.51. The number of hydrogen-bond donors (Lipinski definition) is 4. The van der Waals surface area contributed by atoms with Crippen molar-refractivity contribution in [3.63, 3.8) is 0 Å². The molecule has 0 radical (unpaired) electrons. The summed E-state index contributed by atoms with van der Waals surface area (Å²) in [5, 5.41) is 38.9. The van der Waals surface area contributed by atoms with Crippen molar-refractivity contribution in [1.82, 2.24) is 0 Å². The molecule has 0 aromatic heterocycles. The van der Waals surface area contributed by atoms with Crippen LogP contribution in [0.1, 0.15) is 5.56 Å². The van der Waals surface area contributed by atoms with Gasteiger partial charge in [0.15, 0.2) is 6.10 Å². The number of halogens is 2. The molecule has 2 unspecified atom stereocenters. The highest BCUT2D eigenvalue weighted by molar-refractivity contribution is 6.35. The normalized spacial score (nSPS) is 26.3. The predicted octanol–water partition coefficient (Wildman–Crippen LogP) is 1.94. The first-order chi connectivity index (χ1) is 9.75. The summed E-state index contributed by atoms with van der Waals surface area (Å²) < 4.78 is 4.25. The number of aliphatic hydroxyl groups excluding tert-OH is 3. The van der Waals surface area contributed by atoms with E-state index in [0.29, 0.717) is 10.6 Å². The Hall–Kier alpha value is -1.73. The third kappa shape index (κ3) is 2.84. The molecule has 0 bridgehead atoms. The third-order valence-electron chi connectivity index (χ3n) is 2.89. The molecule has 1 heterocycles. The van der Waals surface area contributed by atoms with E-state index in [-0.39, 0.29) is 5.02 Å². The predicted molar refractivity (Wildman–Crippen MR) is 74.8 cm³/mol. The number of benzene rings is 1. The highest BCUT2D eigenvalue weighted by Crippen LogP contribution is 2.29. The van der Waals surface area contributed by atoms with Gasteiger partial charge in [-0.1, -0.05) is 35.3 Å². The van der Waals surface area contributed by atoms with Gasteiger partial charge in [-0.2, -0.15) is 0 Å². The van der Waals surface area contributed by atoms with Crippen LogP contribution >= 0.6 is 23.2 Å². The topological polar surface area (TPSA) is 107 Å². The Morgan fingerprint density at radius 1 is 1.29 bits per heavy atom. The Bertz CT molecular complexity index is 654. The number of carbonyl (C=O) groups excluding carboxylic acids is 1. The van der Waals surface area contributed by atoms with Crippen molar-refractivity contribution in [2.45, 2.75) is 11.7 Å². The quantitative estimate of drug-likeness (QED) is 0.616. The average molecular weight is 333 g/mol.